The zero-order valence-corrected chi connectivity index (χ0v) is 11.0. The summed E-state index contributed by atoms with van der Waals surface area (Å²) in [6.07, 6.45) is 4.20. The van der Waals surface area contributed by atoms with Gasteiger partial charge in [0.15, 0.2) is 9.84 Å². The molecule has 0 aromatic heterocycles. The van der Waals surface area contributed by atoms with Gasteiger partial charge in [0.1, 0.15) is 0 Å². The molecule has 3 atom stereocenters. The van der Waals surface area contributed by atoms with Gasteiger partial charge in [-0.05, 0) is 25.7 Å². The third-order valence-electron chi connectivity index (χ3n) is 3.48. The Morgan fingerprint density at radius 1 is 1.20 bits per heavy atom. The van der Waals surface area contributed by atoms with Gasteiger partial charge in [0.2, 0.25) is 0 Å². The minimum Gasteiger partial charge on any atom is -0.310 e. The third-order valence-corrected chi connectivity index (χ3v) is 5.14. The van der Waals surface area contributed by atoms with E-state index in [1.54, 1.807) is 0 Å². The molecule has 0 spiro atoms. The van der Waals surface area contributed by atoms with E-state index < -0.39 is 9.84 Å². The lowest BCUT2D eigenvalue weighted by molar-refractivity contribution is 0.373. The number of nitrogens with one attached hydrogen (secondary N) is 1. The Kier molecular flexibility index (Phi) is 4.18. The second kappa shape index (κ2) is 4.83. The number of hydrogen-bond acceptors (Lipinski definition) is 3. The van der Waals surface area contributed by atoms with E-state index in [1.807, 2.05) is 0 Å². The lowest BCUT2D eigenvalue weighted by atomic mass is 10.1. The summed E-state index contributed by atoms with van der Waals surface area (Å²) >= 11 is 0. The zero-order valence-electron chi connectivity index (χ0n) is 10.2. The second-order valence-corrected chi connectivity index (χ2v) is 7.37. The predicted molar refractivity (Wildman–Crippen MR) is 63.7 cm³/mol. The average Bonchev–Trinajstić information content (AvgIpc) is 2.50. The van der Waals surface area contributed by atoms with Gasteiger partial charge in [0.05, 0.1) is 5.25 Å². The summed E-state index contributed by atoms with van der Waals surface area (Å²) in [4.78, 5) is 0. The molecule has 0 amide bonds. The molecule has 1 fully saturated rings. The van der Waals surface area contributed by atoms with E-state index in [0.29, 0.717) is 12.0 Å². The maximum atomic E-state index is 11.6. The van der Waals surface area contributed by atoms with Gasteiger partial charge in [-0.25, -0.2) is 8.42 Å². The van der Waals surface area contributed by atoms with Gasteiger partial charge in [-0.15, -0.1) is 0 Å². The molecule has 0 aromatic carbocycles. The van der Waals surface area contributed by atoms with Crippen molar-refractivity contribution >= 4 is 9.84 Å². The molecule has 0 aliphatic heterocycles. The van der Waals surface area contributed by atoms with Crippen molar-refractivity contribution in [3.05, 3.63) is 0 Å². The number of hydrogen-bond donors (Lipinski definition) is 1. The molecule has 1 saturated carbocycles. The average molecular weight is 233 g/mol. The Labute approximate surface area is 93.6 Å². The molecule has 0 radical (unpaired) electrons. The van der Waals surface area contributed by atoms with Crippen LogP contribution in [0.1, 0.15) is 40.0 Å². The van der Waals surface area contributed by atoms with Crippen molar-refractivity contribution in [2.24, 2.45) is 5.92 Å². The van der Waals surface area contributed by atoms with Gasteiger partial charge < -0.3 is 5.32 Å². The van der Waals surface area contributed by atoms with Gasteiger partial charge in [-0.1, -0.05) is 20.3 Å². The van der Waals surface area contributed by atoms with Gasteiger partial charge in [0, 0.05) is 18.3 Å². The summed E-state index contributed by atoms with van der Waals surface area (Å²) < 4.78 is 23.1. The number of sulfone groups is 1. The van der Waals surface area contributed by atoms with E-state index in [4.69, 9.17) is 0 Å². The molecule has 1 N–H and O–H groups in total. The molecule has 3 unspecified atom stereocenters. The molecule has 0 bridgehead atoms. The first-order valence-electron chi connectivity index (χ1n) is 5.77. The third kappa shape index (κ3) is 3.45. The fourth-order valence-corrected chi connectivity index (χ4v) is 3.57. The van der Waals surface area contributed by atoms with E-state index >= 15 is 0 Å². The number of rotatable bonds is 4. The smallest absolute Gasteiger partial charge is 0.151 e. The van der Waals surface area contributed by atoms with E-state index in [0.717, 1.165) is 19.3 Å². The summed E-state index contributed by atoms with van der Waals surface area (Å²) in [5, 5.41) is 3.29. The van der Waals surface area contributed by atoms with Crippen molar-refractivity contribution in [3.8, 4) is 0 Å². The molecule has 0 aromatic rings. The molecule has 0 heterocycles. The summed E-state index contributed by atoms with van der Waals surface area (Å²) in [6, 6.07) is 0.551. The highest BCUT2D eigenvalue weighted by molar-refractivity contribution is 7.91. The van der Waals surface area contributed by atoms with Gasteiger partial charge >= 0.3 is 0 Å². The summed E-state index contributed by atoms with van der Waals surface area (Å²) in [5.74, 6) is 0.547. The molecule has 3 nitrogen and oxygen atoms in total. The Hall–Kier alpha value is -0.0900. The largest absolute Gasteiger partial charge is 0.310 e. The molecule has 90 valence electrons. The highest BCUT2D eigenvalue weighted by Crippen LogP contribution is 2.25. The van der Waals surface area contributed by atoms with Crippen LogP contribution < -0.4 is 5.32 Å². The van der Waals surface area contributed by atoms with E-state index in [9.17, 15) is 8.42 Å². The first kappa shape index (κ1) is 13.0. The summed E-state index contributed by atoms with van der Waals surface area (Å²) in [5.41, 5.74) is 0. The first-order valence-corrected chi connectivity index (χ1v) is 7.72. The predicted octanol–water partition coefficient (Wildman–Crippen LogP) is 1.59. The van der Waals surface area contributed by atoms with Crippen molar-refractivity contribution in [2.45, 2.75) is 57.4 Å². The van der Waals surface area contributed by atoms with Gasteiger partial charge in [-0.3, -0.25) is 0 Å². The topological polar surface area (TPSA) is 46.2 Å². The summed E-state index contributed by atoms with van der Waals surface area (Å²) in [7, 11) is -2.89. The monoisotopic (exact) mass is 233 g/mol. The van der Waals surface area contributed by atoms with Gasteiger partial charge in [0.25, 0.3) is 0 Å². The lowest BCUT2D eigenvalue weighted by Crippen LogP contribution is -2.45. The first-order chi connectivity index (χ1) is 6.82. The van der Waals surface area contributed by atoms with Crippen LogP contribution in [-0.2, 0) is 9.84 Å². The Bertz CT molecular complexity index is 298. The molecular formula is C11H23NO2S. The molecule has 1 aliphatic rings. The highest BCUT2D eigenvalue weighted by atomic mass is 32.2. The van der Waals surface area contributed by atoms with Crippen molar-refractivity contribution in [1.29, 1.82) is 0 Å². The van der Waals surface area contributed by atoms with Gasteiger partial charge in [-0.2, -0.15) is 0 Å². The zero-order chi connectivity index (χ0) is 11.6. The van der Waals surface area contributed by atoms with Crippen molar-refractivity contribution in [3.63, 3.8) is 0 Å². The molecule has 15 heavy (non-hydrogen) atoms. The van der Waals surface area contributed by atoms with Crippen LogP contribution in [0.15, 0.2) is 0 Å². The summed E-state index contributed by atoms with van der Waals surface area (Å²) in [6.45, 7) is 6.44. The lowest BCUT2D eigenvalue weighted by Gasteiger charge is -2.26. The molecule has 0 saturated heterocycles. The Morgan fingerprint density at radius 2 is 1.80 bits per heavy atom. The van der Waals surface area contributed by atoms with Crippen LogP contribution in [0.4, 0.5) is 0 Å². The second-order valence-electron chi connectivity index (χ2n) is 5.10. The maximum absolute atomic E-state index is 11.6. The van der Waals surface area contributed by atoms with E-state index in [-0.39, 0.29) is 11.3 Å². The van der Waals surface area contributed by atoms with Crippen LogP contribution in [0.25, 0.3) is 0 Å². The normalized spacial score (nSPS) is 29.7. The standard InChI is InChI=1S/C11H23NO2S/c1-8(2)9(3)12-10-6-5-7-11(10)15(4,13)14/h8-12H,5-7H2,1-4H3. The minimum absolute atomic E-state index is 0.164. The van der Waals surface area contributed by atoms with Crippen molar-refractivity contribution in [2.75, 3.05) is 6.26 Å². The molecule has 1 rings (SSSR count). The van der Waals surface area contributed by atoms with Crippen molar-refractivity contribution < 1.29 is 8.42 Å². The van der Waals surface area contributed by atoms with Crippen molar-refractivity contribution in [1.82, 2.24) is 5.32 Å². The van der Waals surface area contributed by atoms with Crippen LogP contribution >= 0.6 is 0 Å². The Balaban J connectivity index is 2.62. The fourth-order valence-electron chi connectivity index (χ4n) is 2.16. The molecule has 4 heteroatoms. The minimum atomic E-state index is -2.89. The fraction of sp³-hybridized carbons (Fsp3) is 1.00. The van der Waals surface area contributed by atoms with Crippen LogP contribution in [0.5, 0.6) is 0 Å². The SMILES string of the molecule is CC(C)C(C)NC1CCCC1S(C)(=O)=O. The molecular weight excluding hydrogens is 210 g/mol. The van der Waals surface area contributed by atoms with Crippen LogP contribution in [0.2, 0.25) is 0 Å². The highest BCUT2D eigenvalue weighted by Gasteiger charge is 2.35. The quantitative estimate of drug-likeness (QED) is 0.802. The van der Waals surface area contributed by atoms with E-state index in [1.165, 1.54) is 6.26 Å². The van der Waals surface area contributed by atoms with Crippen LogP contribution in [-0.4, -0.2) is 32.0 Å². The van der Waals surface area contributed by atoms with E-state index in [2.05, 4.69) is 26.1 Å². The van der Waals surface area contributed by atoms with Crippen LogP contribution in [0, 0.1) is 5.92 Å². The molecule has 1 aliphatic carbocycles. The van der Waals surface area contributed by atoms with Crippen LogP contribution in [0.3, 0.4) is 0 Å². The Morgan fingerprint density at radius 3 is 2.27 bits per heavy atom. The maximum Gasteiger partial charge on any atom is 0.151 e.